The van der Waals surface area contributed by atoms with Crippen LogP contribution in [0.2, 0.25) is 0 Å². The molecule has 1 aromatic rings. The molecule has 1 rings (SSSR count). The van der Waals surface area contributed by atoms with E-state index in [1.54, 1.807) is 0 Å². The maximum atomic E-state index is 5.85. The second-order valence-electron chi connectivity index (χ2n) is 4.20. The third-order valence-corrected chi connectivity index (χ3v) is 3.55. The molecule has 0 spiro atoms. The first-order valence-corrected chi connectivity index (χ1v) is 5.99. The average Bonchev–Trinajstić information content (AvgIpc) is 2.51. The van der Waals surface area contributed by atoms with Crippen molar-refractivity contribution >= 4 is 11.8 Å². The largest absolute Gasteiger partial charge is 0.332 e. The van der Waals surface area contributed by atoms with E-state index >= 15 is 0 Å². The van der Waals surface area contributed by atoms with E-state index in [1.165, 1.54) is 0 Å². The zero-order chi connectivity index (χ0) is 10.8. The summed E-state index contributed by atoms with van der Waals surface area (Å²) in [4.78, 5) is 4.14. The predicted molar refractivity (Wildman–Crippen MR) is 62.4 cm³/mol. The Bertz CT molecular complexity index is 291. The molecule has 0 aliphatic carbocycles. The molecule has 2 N–H and O–H groups in total. The summed E-state index contributed by atoms with van der Waals surface area (Å²) in [5.74, 6) is 0. The fourth-order valence-corrected chi connectivity index (χ4v) is 1.59. The summed E-state index contributed by atoms with van der Waals surface area (Å²) >= 11 is 1.86. The molecular weight excluding hydrogens is 194 g/mol. The van der Waals surface area contributed by atoms with Gasteiger partial charge in [0.05, 0.1) is 12.0 Å². The first kappa shape index (κ1) is 11.6. The molecule has 3 nitrogen and oxygen atoms in total. The van der Waals surface area contributed by atoms with Crippen molar-refractivity contribution in [1.29, 1.82) is 0 Å². The van der Waals surface area contributed by atoms with Crippen LogP contribution in [-0.4, -0.2) is 20.6 Å². The minimum absolute atomic E-state index is 0.0511. The van der Waals surface area contributed by atoms with E-state index < -0.39 is 0 Å². The summed E-state index contributed by atoms with van der Waals surface area (Å²) in [6.07, 6.45) is 5.83. The van der Waals surface area contributed by atoms with Crippen LogP contribution in [0.15, 0.2) is 12.5 Å². The second-order valence-corrected chi connectivity index (χ2v) is 5.71. The normalized spacial score (nSPS) is 14.4. The molecule has 80 valence electrons. The van der Waals surface area contributed by atoms with Gasteiger partial charge >= 0.3 is 0 Å². The van der Waals surface area contributed by atoms with Crippen LogP contribution in [0, 0.1) is 0 Å². The lowest BCUT2D eigenvalue weighted by Crippen LogP contribution is -2.24. The maximum absolute atomic E-state index is 5.85. The van der Waals surface area contributed by atoms with Crippen LogP contribution >= 0.6 is 11.8 Å². The van der Waals surface area contributed by atoms with Gasteiger partial charge in [-0.05, 0) is 27.0 Å². The number of nitrogens with two attached hydrogens (primary N) is 1. The summed E-state index contributed by atoms with van der Waals surface area (Å²) in [5.41, 5.74) is 6.96. The first-order chi connectivity index (χ1) is 6.46. The monoisotopic (exact) mass is 213 g/mol. The van der Waals surface area contributed by atoms with Crippen molar-refractivity contribution < 1.29 is 0 Å². The van der Waals surface area contributed by atoms with Gasteiger partial charge < -0.3 is 10.3 Å². The quantitative estimate of drug-likeness (QED) is 0.832. The molecule has 0 aromatic carbocycles. The zero-order valence-corrected chi connectivity index (χ0v) is 10.1. The molecule has 0 aliphatic rings. The van der Waals surface area contributed by atoms with E-state index in [0.717, 1.165) is 12.2 Å². The van der Waals surface area contributed by atoms with Crippen molar-refractivity contribution in [1.82, 2.24) is 9.55 Å². The van der Waals surface area contributed by atoms with Gasteiger partial charge in [-0.3, -0.25) is 0 Å². The van der Waals surface area contributed by atoms with Crippen molar-refractivity contribution in [3.63, 3.8) is 0 Å². The minimum atomic E-state index is 0.0511. The molecule has 1 heterocycles. The van der Waals surface area contributed by atoms with E-state index in [2.05, 4.69) is 29.7 Å². The molecule has 0 radical (unpaired) electrons. The van der Waals surface area contributed by atoms with Gasteiger partial charge in [0.15, 0.2) is 0 Å². The van der Waals surface area contributed by atoms with Crippen LogP contribution in [0.5, 0.6) is 0 Å². The Labute approximate surface area is 90.1 Å². The Morgan fingerprint density at radius 1 is 1.64 bits per heavy atom. The van der Waals surface area contributed by atoms with Gasteiger partial charge in [0.25, 0.3) is 0 Å². The lowest BCUT2D eigenvalue weighted by Gasteiger charge is -2.24. The van der Waals surface area contributed by atoms with Gasteiger partial charge in [-0.15, -0.1) is 0 Å². The van der Waals surface area contributed by atoms with Gasteiger partial charge in [-0.1, -0.05) is 0 Å². The molecule has 1 aromatic heterocycles. The Hall–Kier alpha value is -0.480. The summed E-state index contributed by atoms with van der Waals surface area (Å²) in [6.45, 7) is 7.38. The highest BCUT2D eigenvalue weighted by atomic mass is 32.2. The van der Waals surface area contributed by atoms with Crippen molar-refractivity contribution in [2.24, 2.45) is 5.73 Å². The third kappa shape index (κ3) is 2.75. The number of rotatable bonds is 4. The van der Waals surface area contributed by atoms with Crippen molar-refractivity contribution in [3.8, 4) is 0 Å². The summed E-state index contributed by atoms with van der Waals surface area (Å²) in [6, 6.07) is 0.0511. The molecule has 0 unspecified atom stereocenters. The highest BCUT2D eigenvalue weighted by molar-refractivity contribution is 7.99. The van der Waals surface area contributed by atoms with E-state index in [4.69, 9.17) is 5.73 Å². The minimum Gasteiger partial charge on any atom is -0.332 e. The summed E-state index contributed by atoms with van der Waals surface area (Å²) < 4.78 is 2.37. The molecule has 1 atom stereocenters. The van der Waals surface area contributed by atoms with Crippen molar-refractivity contribution in [2.45, 2.75) is 38.1 Å². The van der Waals surface area contributed by atoms with Gasteiger partial charge in [-0.25, -0.2) is 4.98 Å². The van der Waals surface area contributed by atoms with Crippen LogP contribution in [-0.2, 0) is 6.54 Å². The molecule has 0 fully saturated rings. The number of nitrogens with zero attached hydrogens (tertiary/aromatic N) is 2. The number of imidazole rings is 1. The first-order valence-electron chi connectivity index (χ1n) is 4.77. The Balaban J connectivity index is 2.81. The predicted octanol–water partition coefficient (Wildman–Crippen LogP) is 2.04. The fourth-order valence-electron chi connectivity index (χ4n) is 1.32. The number of thioether (sulfide) groups is 1. The molecule has 0 saturated heterocycles. The molecule has 4 heteroatoms. The molecule has 0 amide bonds. The summed E-state index contributed by atoms with van der Waals surface area (Å²) in [7, 11) is 0. The van der Waals surface area contributed by atoms with Crippen LogP contribution in [0.25, 0.3) is 0 Å². The second kappa shape index (κ2) is 4.36. The Morgan fingerprint density at radius 2 is 2.29 bits per heavy atom. The number of hydrogen-bond acceptors (Lipinski definition) is 3. The van der Waals surface area contributed by atoms with Gasteiger partial charge in [0.1, 0.15) is 0 Å². The maximum Gasteiger partial charge on any atom is 0.0949 e. The van der Waals surface area contributed by atoms with Crippen molar-refractivity contribution in [2.75, 3.05) is 6.26 Å². The SMILES string of the molecule is CSC(C)(C)Cn1cncc1[C@H](C)N. The molecule has 0 aliphatic heterocycles. The van der Waals surface area contributed by atoms with Crippen LogP contribution in [0.3, 0.4) is 0 Å². The zero-order valence-electron chi connectivity index (χ0n) is 9.32. The van der Waals surface area contributed by atoms with E-state index in [1.807, 2.05) is 31.2 Å². The topological polar surface area (TPSA) is 43.8 Å². The number of hydrogen-bond donors (Lipinski definition) is 1. The highest BCUT2D eigenvalue weighted by Crippen LogP contribution is 2.24. The average molecular weight is 213 g/mol. The number of aromatic nitrogens is 2. The Morgan fingerprint density at radius 3 is 2.79 bits per heavy atom. The summed E-state index contributed by atoms with van der Waals surface area (Å²) in [5, 5.41) is 0. The van der Waals surface area contributed by atoms with E-state index in [-0.39, 0.29) is 10.8 Å². The lowest BCUT2D eigenvalue weighted by atomic mass is 10.2. The van der Waals surface area contributed by atoms with E-state index in [0.29, 0.717) is 0 Å². The molecule has 0 saturated carbocycles. The van der Waals surface area contributed by atoms with Crippen LogP contribution in [0.4, 0.5) is 0 Å². The van der Waals surface area contributed by atoms with E-state index in [9.17, 15) is 0 Å². The standard InChI is InChI=1S/C10H19N3S/c1-8(11)9-5-12-7-13(9)6-10(2,3)14-4/h5,7-8H,6,11H2,1-4H3/t8-/m0/s1. The van der Waals surface area contributed by atoms with Gasteiger partial charge in [0.2, 0.25) is 0 Å². The molecule has 0 bridgehead atoms. The lowest BCUT2D eigenvalue weighted by molar-refractivity contribution is 0.537. The smallest absolute Gasteiger partial charge is 0.0949 e. The van der Waals surface area contributed by atoms with Gasteiger partial charge in [0, 0.05) is 23.5 Å². The Kier molecular flexibility index (Phi) is 3.61. The third-order valence-electron chi connectivity index (χ3n) is 2.31. The van der Waals surface area contributed by atoms with Crippen LogP contribution in [0.1, 0.15) is 32.5 Å². The highest BCUT2D eigenvalue weighted by Gasteiger charge is 2.18. The fraction of sp³-hybridized carbons (Fsp3) is 0.700. The van der Waals surface area contributed by atoms with Crippen molar-refractivity contribution in [3.05, 3.63) is 18.2 Å². The van der Waals surface area contributed by atoms with Crippen LogP contribution < -0.4 is 5.73 Å². The van der Waals surface area contributed by atoms with Gasteiger partial charge in [-0.2, -0.15) is 11.8 Å². The molecular formula is C10H19N3S. The molecule has 14 heavy (non-hydrogen) atoms.